The fourth-order valence-electron chi connectivity index (χ4n) is 2.67. The molecule has 0 saturated heterocycles. The summed E-state index contributed by atoms with van der Waals surface area (Å²) in [5, 5.41) is 20.3. The largest absolute Gasteiger partial charge is 0.508 e. The number of benzene rings is 1. The summed E-state index contributed by atoms with van der Waals surface area (Å²) in [5.74, 6) is -0.124. The molecule has 2 N–H and O–H groups in total. The number of hydrogen-bond acceptors (Lipinski definition) is 4. The van der Waals surface area contributed by atoms with Gasteiger partial charge in [-0.25, -0.2) is 0 Å². The Bertz CT molecular complexity index is 721. The van der Waals surface area contributed by atoms with E-state index in [0.717, 1.165) is 19.3 Å². The van der Waals surface area contributed by atoms with Crippen LogP contribution in [0, 0.1) is 0 Å². The van der Waals surface area contributed by atoms with Crippen LogP contribution in [0.5, 0.6) is 17.2 Å². The average Bonchev–Trinajstić information content (AvgIpc) is 2.54. The second-order valence-electron chi connectivity index (χ2n) is 5.86. The average molecular weight is 319 g/mol. The van der Waals surface area contributed by atoms with Crippen molar-refractivity contribution in [3.05, 3.63) is 28.6 Å². The fourth-order valence-corrected chi connectivity index (χ4v) is 2.67. The predicted molar refractivity (Wildman–Crippen MR) is 91.4 cm³/mol. The van der Waals surface area contributed by atoms with Gasteiger partial charge in [-0.2, -0.15) is 0 Å². The topological polar surface area (TPSA) is 71.7 Å². The Kier molecular flexibility index (Phi) is 5.90. The summed E-state index contributed by atoms with van der Waals surface area (Å²) >= 11 is 0. The van der Waals surface area contributed by atoms with Gasteiger partial charge in [0.2, 0.25) is 5.75 Å². The maximum Gasteiger partial charge on any atom is 0.297 e. The van der Waals surface area contributed by atoms with Crippen LogP contribution in [-0.2, 0) is 7.05 Å². The van der Waals surface area contributed by atoms with Gasteiger partial charge in [-0.05, 0) is 18.6 Å². The van der Waals surface area contributed by atoms with Crippen LogP contribution in [0.15, 0.2) is 23.0 Å². The van der Waals surface area contributed by atoms with Crippen LogP contribution in [0.25, 0.3) is 10.9 Å². The normalized spacial score (nSPS) is 11.0. The zero-order valence-electron chi connectivity index (χ0n) is 13.8. The van der Waals surface area contributed by atoms with Crippen LogP contribution >= 0.6 is 0 Å². The van der Waals surface area contributed by atoms with E-state index in [4.69, 9.17) is 4.74 Å². The van der Waals surface area contributed by atoms with Crippen LogP contribution in [0.2, 0.25) is 0 Å². The van der Waals surface area contributed by atoms with E-state index >= 15 is 0 Å². The van der Waals surface area contributed by atoms with Gasteiger partial charge >= 0.3 is 0 Å². The molecule has 1 heterocycles. The Labute approximate surface area is 136 Å². The first kappa shape index (κ1) is 17.2. The molecular weight excluding hydrogens is 294 g/mol. The van der Waals surface area contributed by atoms with Crippen LogP contribution in [0.4, 0.5) is 0 Å². The Morgan fingerprint density at radius 3 is 2.52 bits per heavy atom. The highest BCUT2D eigenvalue weighted by Crippen LogP contribution is 2.32. The third-order valence-corrected chi connectivity index (χ3v) is 4.06. The van der Waals surface area contributed by atoms with Gasteiger partial charge in [-0.15, -0.1) is 0 Å². The van der Waals surface area contributed by atoms with Crippen molar-refractivity contribution in [1.29, 1.82) is 0 Å². The summed E-state index contributed by atoms with van der Waals surface area (Å²) in [6.07, 6.45) is 6.77. The highest BCUT2D eigenvalue weighted by atomic mass is 16.5. The standard InChI is InChI=1S/C18H25NO4/c1-3-4-5-6-7-8-11-23-17-16(21)14-10-9-13(20)12-15(14)19(2)18(17)22/h9-10,12,20-21H,3-8,11H2,1-2H3. The van der Waals surface area contributed by atoms with Crippen molar-refractivity contribution >= 4 is 10.9 Å². The lowest BCUT2D eigenvalue weighted by atomic mass is 10.1. The Balaban J connectivity index is 2.09. The van der Waals surface area contributed by atoms with Crippen LogP contribution in [0.3, 0.4) is 0 Å². The van der Waals surface area contributed by atoms with E-state index in [2.05, 4.69) is 6.92 Å². The maximum absolute atomic E-state index is 12.3. The summed E-state index contributed by atoms with van der Waals surface area (Å²) in [4.78, 5) is 12.3. The van der Waals surface area contributed by atoms with Gasteiger partial charge in [0.25, 0.3) is 5.56 Å². The molecule has 5 heteroatoms. The maximum atomic E-state index is 12.3. The van der Waals surface area contributed by atoms with Crippen molar-refractivity contribution in [1.82, 2.24) is 4.57 Å². The smallest absolute Gasteiger partial charge is 0.297 e. The molecule has 0 aliphatic heterocycles. The van der Waals surface area contributed by atoms with Crippen molar-refractivity contribution in [2.75, 3.05) is 6.61 Å². The second-order valence-corrected chi connectivity index (χ2v) is 5.86. The first-order chi connectivity index (χ1) is 11.1. The van der Waals surface area contributed by atoms with E-state index < -0.39 is 5.56 Å². The lowest BCUT2D eigenvalue weighted by Gasteiger charge is -2.13. The van der Waals surface area contributed by atoms with Gasteiger partial charge < -0.3 is 19.5 Å². The number of aryl methyl sites for hydroxylation is 1. The molecule has 0 aliphatic rings. The number of unbranched alkanes of at least 4 members (excludes halogenated alkanes) is 5. The summed E-state index contributed by atoms with van der Waals surface area (Å²) in [6, 6.07) is 4.51. The second kappa shape index (κ2) is 7.90. The van der Waals surface area contributed by atoms with Crippen molar-refractivity contribution in [3.8, 4) is 17.2 Å². The molecule has 0 radical (unpaired) electrons. The Morgan fingerprint density at radius 1 is 1.09 bits per heavy atom. The number of fused-ring (bicyclic) bond motifs is 1. The number of phenols is 1. The quantitative estimate of drug-likeness (QED) is 0.728. The van der Waals surface area contributed by atoms with Gasteiger partial charge in [0.05, 0.1) is 12.1 Å². The zero-order chi connectivity index (χ0) is 16.8. The van der Waals surface area contributed by atoms with Gasteiger partial charge in [0.15, 0.2) is 5.75 Å². The van der Waals surface area contributed by atoms with Crippen molar-refractivity contribution in [2.24, 2.45) is 7.05 Å². The minimum absolute atomic E-state index is 0.0146. The number of rotatable bonds is 8. The Morgan fingerprint density at radius 2 is 1.78 bits per heavy atom. The molecule has 0 unspecified atom stereocenters. The van der Waals surface area contributed by atoms with Gasteiger partial charge in [-0.3, -0.25) is 4.79 Å². The SMILES string of the molecule is CCCCCCCCOc1c(O)c2ccc(O)cc2n(C)c1=O. The summed E-state index contributed by atoms with van der Waals surface area (Å²) in [6.45, 7) is 2.60. The molecule has 0 aliphatic carbocycles. The third kappa shape index (κ3) is 3.97. The molecule has 0 amide bonds. The zero-order valence-corrected chi connectivity index (χ0v) is 13.8. The van der Waals surface area contributed by atoms with E-state index in [1.165, 1.54) is 36.0 Å². The molecule has 0 fully saturated rings. The number of nitrogens with zero attached hydrogens (tertiary/aromatic N) is 1. The molecule has 2 aromatic rings. The Hall–Kier alpha value is -2.17. The number of pyridine rings is 1. The molecule has 126 valence electrons. The van der Waals surface area contributed by atoms with Crippen molar-refractivity contribution in [2.45, 2.75) is 45.4 Å². The molecule has 1 aromatic carbocycles. The molecule has 1 aromatic heterocycles. The monoisotopic (exact) mass is 319 g/mol. The highest BCUT2D eigenvalue weighted by Gasteiger charge is 2.16. The minimum atomic E-state index is -0.397. The van der Waals surface area contributed by atoms with Crippen LogP contribution in [0.1, 0.15) is 45.4 Å². The van der Waals surface area contributed by atoms with E-state index in [1.807, 2.05) is 0 Å². The number of aromatic nitrogens is 1. The number of hydrogen-bond donors (Lipinski definition) is 2. The van der Waals surface area contributed by atoms with Crippen molar-refractivity contribution < 1.29 is 14.9 Å². The highest BCUT2D eigenvalue weighted by molar-refractivity contribution is 5.88. The number of aromatic hydroxyl groups is 2. The molecule has 23 heavy (non-hydrogen) atoms. The lowest BCUT2D eigenvalue weighted by Crippen LogP contribution is -2.20. The number of phenolic OH excluding ortho intramolecular Hbond substituents is 1. The lowest BCUT2D eigenvalue weighted by molar-refractivity contribution is 0.284. The molecule has 0 bridgehead atoms. The van der Waals surface area contributed by atoms with Gasteiger partial charge in [0.1, 0.15) is 5.75 Å². The molecule has 5 nitrogen and oxygen atoms in total. The first-order valence-electron chi connectivity index (χ1n) is 8.23. The number of ether oxygens (including phenoxy) is 1. The summed E-state index contributed by atoms with van der Waals surface area (Å²) in [7, 11) is 1.60. The van der Waals surface area contributed by atoms with Crippen molar-refractivity contribution in [3.63, 3.8) is 0 Å². The summed E-state index contributed by atoms with van der Waals surface area (Å²) in [5.41, 5.74) is 0.0750. The predicted octanol–water partition coefficient (Wildman–Crippen LogP) is 3.69. The fraction of sp³-hybridized carbons (Fsp3) is 0.500. The summed E-state index contributed by atoms with van der Waals surface area (Å²) < 4.78 is 6.93. The third-order valence-electron chi connectivity index (χ3n) is 4.06. The van der Waals surface area contributed by atoms with E-state index in [9.17, 15) is 15.0 Å². The molecule has 2 rings (SSSR count). The van der Waals surface area contributed by atoms with Crippen LogP contribution in [-0.4, -0.2) is 21.4 Å². The first-order valence-corrected chi connectivity index (χ1v) is 8.23. The molecular formula is C18H25NO4. The van der Waals surface area contributed by atoms with Crippen LogP contribution < -0.4 is 10.3 Å². The minimum Gasteiger partial charge on any atom is -0.508 e. The molecule has 0 spiro atoms. The van der Waals surface area contributed by atoms with E-state index in [-0.39, 0.29) is 17.2 Å². The molecule has 0 atom stereocenters. The molecule has 0 saturated carbocycles. The van der Waals surface area contributed by atoms with E-state index in [0.29, 0.717) is 17.5 Å². The van der Waals surface area contributed by atoms with Gasteiger partial charge in [0, 0.05) is 18.5 Å². The van der Waals surface area contributed by atoms with E-state index in [1.54, 1.807) is 13.1 Å². The van der Waals surface area contributed by atoms with Gasteiger partial charge in [-0.1, -0.05) is 39.0 Å².